The van der Waals surface area contributed by atoms with E-state index >= 15 is 0 Å². The Morgan fingerprint density at radius 3 is 2.73 bits per heavy atom. The smallest absolute Gasteiger partial charge is 0.221 e. The first-order valence-electron chi connectivity index (χ1n) is 3.10. The van der Waals surface area contributed by atoms with E-state index in [4.69, 9.17) is 5.73 Å². The molecule has 0 unspecified atom stereocenters. The quantitative estimate of drug-likeness (QED) is 0.662. The molecule has 11 heavy (non-hydrogen) atoms. The number of carbonyl (C=O) groups is 1. The molecule has 5 heteroatoms. The van der Waals surface area contributed by atoms with E-state index in [0.717, 1.165) is 10.7 Å². The van der Waals surface area contributed by atoms with Crippen LogP contribution in [-0.4, -0.2) is 10.9 Å². The molecule has 0 fully saturated rings. The van der Waals surface area contributed by atoms with Gasteiger partial charge in [-0.2, -0.15) is 0 Å². The number of anilines is 2. The Balaban J connectivity index is 2.85. The zero-order chi connectivity index (χ0) is 8.43. The first-order valence-corrected chi connectivity index (χ1v) is 3.91. The number of nitrogens with zero attached hydrogens (tertiary/aromatic N) is 1. The van der Waals surface area contributed by atoms with Crippen molar-refractivity contribution in [3.8, 4) is 0 Å². The SMILES string of the molecule is CC(=O)Nc1sc(N)nc1C. The lowest BCUT2D eigenvalue weighted by Gasteiger charge is -1.95. The first-order chi connectivity index (χ1) is 5.09. The van der Waals surface area contributed by atoms with Gasteiger partial charge < -0.3 is 11.1 Å². The highest BCUT2D eigenvalue weighted by molar-refractivity contribution is 7.19. The number of amides is 1. The second-order valence-corrected chi connectivity index (χ2v) is 3.18. The number of thiazole rings is 1. The van der Waals surface area contributed by atoms with Crippen molar-refractivity contribution < 1.29 is 4.79 Å². The number of carbonyl (C=O) groups excluding carboxylic acids is 1. The Morgan fingerprint density at radius 1 is 1.73 bits per heavy atom. The summed E-state index contributed by atoms with van der Waals surface area (Å²) in [6.07, 6.45) is 0. The lowest BCUT2D eigenvalue weighted by Crippen LogP contribution is -2.04. The zero-order valence-corrected chi connectivity index (χ0v) is 7.16. The van der Waals surface area contributed by atoms with Gasteiger partial charge in [0.05, 0.1) is 5.69 Å². The highest BCUT2D eigenvalue weighted by Crippen LogP contribution is 2.24. The number of nitrogens with one attached hydrogen (secondary N) is 1. The minimum absolute atomic E-state index is 0.100. The third-order valence-corrected chi connectivity index (χ3v) is 2.00. The molecule has 3 N–H and O–H groups in total. The van der Waals surface area contributed by atoms with Gasteiger partial charge >= 0.3 is 0 Å². The number of rotatable bonds is 1. The lowest BCUT2D eigenvalue weighted by molar-refractivity contribution is -0.114. The number of nitrogens with two attached hydrogens (primary N) is 1. The molecule has 0 aliphatic carbocycles. The van der Waals surface area contributed by atoms with Crippen molar-refractivity contribution in [3.63, 3.8) is 0 Å². The standard InChI is InChI=1S/C6H9N3OS/c1-3-5(9-4(2)10)11-6(7)8-3/h1-2H3,(H2,7,8)(H,9,10). The number of nitrogen functional groups attached to an aromatic ring is 1. The molecule has 0 radical (unpaired) electrons. The van der Waals surface area contributed by atoms with Gasteiger partial charge in [-0.3, -0.25) is 4.79 Å². The van der Waals surface area contributed by atoms with Crippen LogP contribution < -0.4 is 11.1 Å². The molecular weight excluding hydrogens is 162 g/mol. The molecule has 1 rings (SSSR count). The van der Waals surface area contributed by atoms with E-state index < -0.39 is 0 Å². The summed E-state index contributed by atoms with van der Waals surface area (Å²) in [6, 6.07) is 0. The summed E-state index contributed by atoms with van der Waals surface area (Å²) >= 11 is 1.28. The van der Waals surface area contributed by atoms with E-state index in [1.165, 1.54) is 18.3 Å². The van der Waals surface area contributed by atoms with Crippen LogP contribution in [0.2, 0.25) is 0 Å². The van der Waals surface area contributed by atoms with Crippen molar-refractivity contribution in [2.45, 2.75) is 13.8 Å². The fraction of sp³-hybridized carbons (Fsp3) is 0.333. The van der Waals surface area contributed by atoms with Crippen molar-refractivity contribution >= 4 is 27.4 Å². The molecular formula is C6H9N3OS. The predicted molar refractivity (Wildman–Crippen MR) is 45.6 cm³/mol. The summed E-state index contributed by atoms with van der Waals surface area (Å²) in [5.41, 5.74) is 6.18. The topological polar surface area (TPSA) is 68.0 Å². The zero-order valence-electron chi connectivity index (χ0n) is 6.34. The average molecular weight is 171 g/mol. The summed E-state index contributed by atoms with van der Waals surface area (Å²) in [6.45, 7) is 3.26. The maximum absolute atomic E-state index is 10.6. The van der Waals surface area contributed by atoms with Gasteiger partial charge in [-0.05, 0) is 6.92 Å². The first kappa shape index (κ1) is 8.00. The number of hydrogen-bond donors (Lipinski definition) is 2. The van der Waals surface area contributed by atoms with Gasteiger partial charge in [-0.25, -0.2) is 4.98 Å². The van der Waals surface area contributed by atoms with Crippen LogP contribution in [-0.2, 0) is 4.79 Å². The molecule has 1 amide bonds. The van der Waals surface area contributed by atoms with Crippen molar-refractivity contribution in [1.82, 2.24) is 4.98 Å². The Labute approximate surface area is 68.4 Å². The van der Waals surface area contributed by atoms with Gasteiger partial charge in [-0.1, -0.05) is 11.3 Å². The van der Waals surface area contributed by atoms with E-state index in [0.29, 0.717) is 5.13 Å². The highest BCUT2D eigenvalue weighted by atomic mass is 32.1. The summed E-state index contributed by atoms with van der Waals surface area (Å²) < 4.78 is 0. The van der Waals surface area contributed by atoms with Crippen molar-refractivity contribution in [1.29, 1.82) is 0 Å². The highest BCUT2D eigenvalue weighted by Gasteiger charge is 2.05. The lowest BCUT2D eigenvalue weighted by atomic mass is 10.5. The summed E-state index contributed by atoms with van der Waals surface area (Å²) in [5, 5.41) is 3.84. The van der Waals surface area contributed by atoms with E-state index in [1.54, 1.807) is 6.92 Å². The monoisotopic (exact) mass is 171 g/mol. The summed E-state index contributed by atoms with van der Waals surface area (Å²) in [7, 11) is 0. The van der Waals surface area contributed by atoms with E-state index in [-0.39, 0.29) is 5.91 Å². The summed E-state index contributed by atoms with van der Waals surface area (Å²) in [5.74, 6) is -0.100. The number of aromatic nitrogens is 1. The maximum atomic E-state index is 10.6. The molecule has 1 heterocycles. The Kier molecular flexibility index (Phi) is 2.09. The van der Waals surface area contributed by atoms with Gasteiger partial charge in [0.25, 0.3) is 0 Å². The van der Waals surface area contributed by atoms with Crippen LogP contribution >= 0.6 is 11.3 Å². The third kappa shape index (κ3) is 1.91. The van der Waals surface area contributed by atoms with Crippen LogP contribution in [0.3, 0.4) is 0 Å². The van der Waals surface area contributed by atoms with E-state index in [9.17, 15) is 4.79 Å². The molecule has 0 saturated carbocycles. The van der Waals surface area contributed by atoms with Crippen molar-refractivity contribution in [2.75, 3.05) is 11.1 Å². The van der Waals surface area contributed by atoms with Crippen LogP contribution in [0.25, 0.3) is 0 Å². The molecule has 1 aromatic rings. The molecule has 1 aromatic heterocycles. The van der Waals surface area contributed by atoms with E-state index in [1.807, 2.05) is 0 Å². The van der Waals surface area contributed by atoms with Crippen LogP contribution in [0, 0.1) is 6.92 Å². The minimum Gasteiger partial charge on any atom is -0.375 e. The predicted octanol–water partition coefficient (Wildman–Crippen LogP) is 0.992. The molecule has 0 saturated heterocycles. The van der Waals surface area contributed by atoms with Crippen LogP contribution in [0.15, 0.2) is 0 Å². The Hall–Kier alpha value is -1.10. The van der Waals surface area contributed by atoms with Crippen molar-refractivity contribution in [3.05, 3.63) is 5.69 Å². The number of aryl methyl sites for hydroxylation is 1. The molecule has 0 aliphatic heterocycles. The average Bonchev–Trinajstić information content (AvgIpc) is 2.09. The number of hydrogen-bond acceptors (Lipinski definition) is 4. The second-order valence-electron chi connectivity index (χ2n) is 2.15. The molecule has 60 valence electrons. The van der Waals surface area contributed by atoms with Gasteiger partial charge in [0.15, 0.2) is 5.13 Å². The molecule has 0 aliphatic rings. The molecule has 0 bridgehead atoms. The molecule has 0 aromatic carbocycles. The fourth-order valence-corrected chi connectivity index (χ4v) is 1.47. The largest absolute Gasteiger partial charge is 0.375 e. The summed E-state index contributed by atoms with van der Waals surface area (Å²) in [4.78, 5) is 14.5. The Morgan fingerprint density at radius 2 is 2.36 bits per heavy atom. The molecule has 0 spiro atoms. The van der Waals surface area contributed by atoms with Crippen LogP contribution in [0.5, 0.6) is 0 Å². The molecule has 0 atom stereocenters. The van der Waals surface area contributed by atoms with Crippen LogP contribution in [0.4, 0.5) is 10.1 Å². The maximum Gasteiger partial charge on any atom is 0.221 e. The van der Waals surface area contributed by atoms with Gasteiger partial charge in [-0.15, -0.1) is 0 Å². The van der Waals surface area contributed by atoms with E-state index in [2.05, 4.69) is 10.3 Å². The van der Waals surface area contributed by atoms with Crippen molar-refractivity contribution in [2.24, 2.45) is 0 Å². The normalized spacial score (nSPS) is 9.64. The van der Waals surface area contributed by atoms with Gasteiger partial charge in [0, 0.05) is 6.92 Å². The second kappa shape index (κ2) is 2.87. The third-order valence-electron chi connectivity index (χ3n) is 1.10. The van der Waals surface area contributed by atoms with Crippen LogP contribution in [0.1, 0.15) is 12.6 Å². The van der Waals surface area contributed by atoms with Gasteiger partial charge in [0.2, 0.25) is 5.91 Å². The Bertz CT molecular complexity index is 281. The van der Waals surface area contributed by atoms with Gasteiger partial charge in [0.1, 0.15) is 5.00 Å². The molecule has 4 nitrogen and oxygen atoms in total. The fourth-order valence-electron chi connectivity index (χ4n) is 0.693. The minimum atomic E-state index is -0.100.